The van der Waals surface area contributed by atoms with Gasteiger partial charge in [-0.15, -0.1) is 13.2 Å². The molecule has 15 heteroatoms. The molecule has 1 amide bonds. The van der Waals surface area contributed by atoms with Gasteiger partial charge < -0.3 is 56.0 Å². The molecule has 0 fully saturated rings. The fraction of sp³-hybridized carbons (Fsp3) is 0.371. The van der Waals surface area contributed by atoms with Crippen molar-refractivity contribution < 1.29 is 83.7 Å². The number of rotatable bonds is 10. The van der Waals surface area contributed by atoms with Crippen molar-refractivity contribution in [2.45, 2.75) is 52.6 Å². The maximum Gasteiger partial charge on any atom is 3.00 e. The number of carboxylic acids is 2. The third-order valence-corrected chi connectivity index (χ3v) is 5.84. The number of hydrogen-bond donors (Lipinski definition) is 1. The quantitative estimate of drug-likeness (QED) is 0.148. The third kappa shape index (κ3) is 27.1. The van der Waals surface area contributed by atoms with E-state index in [4.69, 9.17) is 10.5 Å². The van der Waals surface area contributed by atoms with Crippen LogP contribution in [0.4, 0.5) is 0 Å². The summed E-state index contributed by atoms with van der Waals surface area (Å²) in [4.78, 5) is 35.4. The summed E-state index contributed by atoms with van der Waals surface area (Å²) in [6.07, 6.45) is 3.68. The van der Waals surface area contributed by atoms with Crippen molar-refractivity contribution in [3.05, 3.63) is 94.5 Å². The number of nitrogens with zero attached hydrogens (tertiary/aromatic N) is 2. The molecular weight excluding hydrogens is 740 g/mol. The van der Waals surface area contributed by atoms with Gasteiger partial charge >= 0.3 is 33.6 Å². The van der Waals surface area contributed by atoms with Gasteiger partial charge in [0, 0.05) is 26.4 Å². The standard InChI is InChI=1S/C12H16NO3.2C8H8O2.C4H10NO.C3H7NO.2Co.H2O/c1-3-10(8-14)13-7-9-5-4-6-11(16-2)12(9)15;2*1-6-2-4-7(5-3-6)8(9)10;1-2-4(5)3-6;1-4(2)3-5;;;/h4-7,10,15H,3,8H2,1-2H3;2*2-5H,1H3,(H,9,10);4H,2-3,5H2,1H3;3H,1-2H3;;;1H2/q-1;;;-1;;2*+3;/p-2/t10-;;;4-;;;;/m0..1..../s1. The van der Waals surface area contributed by atoms with Crippen LogP contribution >= 0.6 is 0 Å². The molecule has 5 N–H and O–H groups in total. The van der Waals surface area contributed by atoms with Crippen molar-refractivity contribution in [2.75, 3.05) is 34.4 Å². The van der Waals surface area contributed by atoms with Crippen LogP contribution in [-0.4, -0.2) is 76.0 Å². The molecule has 0 spiro atoms. The average Bonchev–Trinajstić information content (AvgIpc) is 3.07. The number of carboxylic acid groups (broad SMARTS) is 2. The van der Waals surface area contributed by atoms with Crippen LogP contribution < -0.4 is 36.0 Å². The van der Waals surface area contributed by atoms with Crippen LogP contribution in [0.15, 0.2) is 71.7 Å². The van der Waals surface area contributed by atoms with Gasteiger partial charge in [0.2, 0.25) is 6.41 Å². The largest absolute Gasteiger partial charge is 3.00 e. The number of methoxy groups -OCH3 is 1. The van der Waals surface area contributed by atoms with Crippen molar-refractivity contribution in [3.63, 3.8) is 0 Å². The molecule has 0 heterocycles. The van der Waals surface area contributed by atoms with E-state index in [1.54, 1.807) is 56.6 Å². The van der Waals surface area contributed by atoms with E-state index >= 15 is 0 Å². The average molecular weight is 790 g/mol. The SMILES string of the molecule is CC[C@@H](C[O-])N=Cc1cccc(OC)c1[O-].CC[C@@H](N)C[O-].CN(C)C=O.Cc1ccc(C(=O)[O-])cc1.Cc1ccc(C(=O)[O-])cc1.[Co+3].[Co+3].[OH3+]. The van der Waals surface area contributed by atoms with Gasteiger partial charge in [-0.2, -0.15) is 0 Å². The molecular formula is C35H49Co2N3O10+2. The van der Waals surface area contributed by atoms with Gasteiger partial charge in [-0.1, -0.05) is 91.4 Å². The number of para-hydroxylation sites is 1. The minimum atomic E-state index is -1.12. The van der Waals surface area contributed by atoms with E-state index in [9.17, 15) is 39.9 Å². The number of benzene rings is 3. The van der Waals surface area contributed by atoms with E-state index in [0.29, 0.717) is 17.7 Å². The zero-order valence-corrected chi connectivity index (χ0v) is 31.5. The van der Waals surface area contributed by atoms with E-state index in [1.807, 2.05) is 27.7 Å². The van der Waals surface area contributed by atoms with E-state index in [2.05, 4.69) is 4.99 Å². The Labute approximate surface area is 315 Å². The molecule has 0 aliphatic rings. The van der Waals surface area contributed by atoms with Crippen molar-refractivity contribution in [1.29, 1.82) is 0 Å². The van der Waals surface area contributed by atoms with Crippen molar-refractivity contribution in [3.8, 4) is 11.5 Å². The van der Waals surface area contributed by atoms with Crippen LogP contribution in [0, 0.1) is 13.8 Å². The molecule has 280 valence electrons. The minimum absolute atomic E-state index is 0. The topological polar surface area (TPSA) is 250 Å². The summed E-state index contributed by atoms with van der Waals surface area (Å²) in [6.45, 7) is 7.20. The Bertz CT molecular complexity index is 1260. The number of aliphatic imine (C=N–C) groups is 1. The number of aromatic carboxylic acids is 2. The van der Waals surface area contributed by atoms with Gasteiger partial charge in [0.25, 0.3) is 0 Å². The molecule has 3 aromatic carbocycles. The normalized spacial score (nSPS) is 10.3. The number of hydrogen-bond acceptors (Lipinski definition) is 11. The summed E-state index contributed by atoms with van der Waals surface area (Å²) in [7, 11) is 4.82. The second-order valence-electron chi connectivity index (χ2n) is 10.1. The van der Waals surface area contributed by atoms with Gasteiger partial charge in [-0.25, -0.2) is 0 Å². The predicted molar refractivity (Wildman–Crippen MR) is 178 cm³/mol. The van der Waals surface area contributed by atoms with Crippen LogP contribution in [0.5, 0.6) is 11.5 Å². The van der Waals surface area contributed by atoms with Gasteiger partial charge in [0.1, 0.15) is 5.75 Å². The van der Waals surface area contributed by atoms with Gasteiger partial charge in [-0.3, -0.25) is 9.79 Å². The van der Waals surface area contributed by atoms with Crippen LogP contribution in [0.1, 0.15) is 64.1 Å². The molecule has 0 saturated heterocycles. The van der Waals surface area contributed by atoms with Crippen LogP contribution in [0.25, 0.3) is 0 Å². The summed E-state index contributed by atoms with van der Waals surface area (Å²) >= 11 is 0. The molecule has 3 aromatic rings. The Kier molecular flexibility index (Phi) is 37.5. The zero-order chi connectivity index (χ0) is 36.4. The molecule has 0 unspecified atom stereocenters. The summed E-state index contributed by atoms with van der Waals surface area (Å²) < 4.78 is 4.91. The molecule has 0 aliphatic heterocycles. The van der Waals surface area contributed by atoms with Crippen molar-refractivity contribution in [2.24, 2.45) is 10.7 Å². The van der Waals surface area contributed by atoms with Crippen molar-refractivity contribution >= 4 is 24.6 Å². The first-order valence-electron chi connectivity index (χ1n) is 14.7. The molecule has 50 heavy (non-hydrogen) atoms. The number of carbonyl (C=O) groups excluding carboxylic acids is 3. The third-order valence-electron chi connectivity index (χ3n) is 5.84. The van der Waals surface area contributed by atoms with Gasteiger partial charge in [-0.05, 0) is 55.5 Å². The summed E-state index contributed by atoms with van der Waals surface area (Å²) in [5.74, 6) is -2.16. The molecule has 13 nitrogen and oxygen atoms in total. The Balaban J connectivity index is -0.000000176. The number of amides is 1. The Hall–Kier alpha value is -3.81. The van der Waals surface area contributed by atoms with E-state index in [1.165, 1.54) is 42.5 Å². The monoisotopic (exact) mass is 789 g/mol. The smallest absolute Gasteiger partial charge is 0.870 e. The molecule has 0 radical (unpaired) electrons. The maximum atomic E-state index is 11.7. The molecule has 2 atom stereocenters. The van der Waals surface area contributed by atoms with Crippen LogP contribution in [0.2, 0.25) is 0 Å². The summed E-state index contributed by atoms with van der Waals surface area (Å²) in [5, 5.41) is 52.5. The van der Waals surface area contributed by atoms with Crippen molar-refractivity contribution in [1.82, 2.24) is 4.90 Å². The first kappa shape index (κ1) is 55.6. The minimum Gasteiger partial charge on any atom is -0.870 e. The zero-order valence-electron chi connectivity index (χ0n) is 29.4. The Morgan fingerprint density at radius 1 is 0.840 bits per heavy atom. The van der Waals surface area contributed by atoms with Crippen LogP contribution in [0.3, 0.4) is 0 Å². The summed E-state index contributed by atoms with van der Waals surface area (Å²) in [5.41, 5.74) is 8.16. The van der Waals surface area contributed by atoms with E-state index in [-0.39, 0.29) is 81.2 Å². The number of nitrogens with two attached hydrogens (primary N) is 1. The molecule has 0 aliphatic carbocycles. The second-order valence-corrected chi connectivity index (χ2v) is 10.1. The number of ether oxygens (including phenoxy) is 1. The maximum absolute atomic E-state index is 11.7. The first-order chi connectivity index (χ1) is 22.2. The van der Waals surface area contributed by atoms with Gasteiger partial charge in [0.05, 0.1) is 19.0 Å². The number of carbonyl (C=O) groups is 3. The van der Waals surface area contributed by atoms with E-state index in [0.717, 1.165) is 24.0 Å². The molecule has 0 aromatic heterocycles. The fourth-order valence-electron chi connectivity index (χ4n) is 2.74. The van der Waals surface area contributed by atoms with E-state index < -0.39 is 11.9 Å². The Morgan fingerprint density at radius 2 is 1.26 bits per heavy atom. The molecule has 3 rings (SSSR count). The Morgan fingerprint density at radius 3 is 1.52 bits per heavy atom. The fourth-order valence-corrected chi connectivity index (χ4v) is 2.74. The molecule has 0 bridgehead atoms. The van der Waals surface area contributed by atoms with Crippen LogP contribution in [-0.2, 0) is 43.8 Å². The van der Waals surface area contributed by atoms with Gasteiger partial charge in [0.15, 0.2) is 0 Å². The second kappa shape index (κ2) is 33.7. The molecule has 0 saturated carbocycles. The first-order valence-corrected chi connectivity index (χ1v) is 14.7. The summed E-state index contributed by atoms with van der Waals surface area (Å²) in [6, 6.07) is 17.7. The number of aryl methyl sites for hydroxylation is 2. The predicted octanol–water partition coefficient (Wildman–Crippen LogP) is -1.09.